The zero-order chi connectivity index (χ0) is 18.7. The van der Waals surface area contributed by atoms with Gasteiger partial charge in [0.1, 0.15) is 0 Å². The lowest BCUT2D eigenvalue weighted by Crippen LogP contribution is -2.07. The van der Waals surface area contributed by atoms with Crippen molar-refractivity contribution < 1.29 is 4.79 Å². The Balaban J connectivity index is 1.73. The van der Waals surface area contributed by atoms with E-state index in [0.717, 1.165) is 5.56 Å². The second-order valence-electron chi connectivity index (χ2n) is 5.12. The number of hydrogen-bond acceptors (Lipinski definition) is 3. The Bertz CT molecular complexity index is 980. The highest BCUT2D eigenvalue weighted by Crippen LogP contribution is 2.32. The maximum atomic E-state index is 12.1. The van der Waals surface area contributed by atoms with Gasteiger partial charge in [-0.05, 0) is 36.4 Å². The third-order valence-electron chi connectivity index (χ3n) is 3.34. The summed E-state index contributed by atoms with van der Waals surface area (Å²) in [5, 5.41) is 6.93. The van der Waals surface area contributed by atoms with Crippen molar-refractivity contribution in [3.05, 3.63) is 73.5 Å². The summed E-state index contributed by atoms with van der Waals surface area (Å²) in [6, 6.07) is 10.3. The van der Waals surface area contributed by atoms with Crippen LogP contribution in [0, 0.1) is 0 Å². The lowest BCUT2D eigenvalue weighted by molar-refractivity contribution is -0.111. The number of carbonyl (C=O) groups is 1. The molecule has 3 nitrogen and oxygen atoms in total. The highest BCUT2D eigenvalue weighted by atomic mass is 35.5. The molecule has 1 aromatic heterocycles. The number of thiazole rings is 1. The molecule has 3 aromatic rings. The first-order chi connectivity index (χ1) is 12.4. The molecule has 1 N–H and O–H groups in total. The van der Waals surface area contributed by atoms with Crippen LogP contribution >= 0.6 is 57.7 Å². The summed E-state index contributed by atoms with van der Waals surface area (Å²) in [4.78, 5) is 16.5. The van der Waals surface area contributed by atoms with E-state index in [1.54, 1.807) is 47.9 Å². The summed E-state index contributed by atoms with van der Waals surface area (Å²) in [6.45, 7) is 0. The first-order valence-corrected chi connectivity index (χ1v) is 9.67. The van der Waals surface area contributed by atoms with Gasteiger partial charge in [-0.15, -0.1) is 11.3 Å². The number of halogens is 4. The molecular weight excluding hydrogens is 434 g/mol. The largest absolute Gasteiger partial charge is 0.298 e. The Kier molecular flexibility index (Phi) is 6.22. The molecule has 0 aliphatic heterocycles. The number of anilines is 1. The number of nitrogens with zero attached hydrogens (tertiary/aromatic N) is 1. The molecule has 0 atom stereocenters. The van der Waals surface area contributed by atoms with Gasteiger partial charge in [0.15, 0.2) is 5.13 Å². The average Bonchev–Trinajstić information content (AvgIpc) is 3.02. The van der Waals surface area contributed by atoms with E-state index in [0.29, 0.717) is 36.5 Å². The normalized spacial score (nSPS) is 11.1. The SMILES string of the molecule is O=C(/C=C/c1c(Cl)cccc1Cl)Nc1nc(-c2ccc(Cl)cc2Cl)cs1. The number of nitrogens with one attached hydrogen (secondary N) is 1. The first kappa shape index (κ1) is 19.2. The van der Waals surface area contributed by atoms with Crippen LogP contribution in [-0.2, 0) is 4.79 Å². The van der Waals surface area contributed by atoms with E-state index in [1.807, 2.05) is 0 Å². The first-order valence-electron chi connectivity index (χ1n) is 7.28. The molecule has 0 saturated carbocycles. The summed E-state index contributed by atoms with van der Waals surface area (Å²) >= 11 is 25.5. The van der Waals surface area contributed by atoms with Crippen molar-refractivity contribution >= 4 is 74.9 Å². The molecule has 0 aliphatic carbocycles. The van der Waals surface area contributed by atoms with Gasteiger partial charge in [-0.1, -0.05) is 52.5 Å². The van der Waals surface area contributed by atoms with E-state index in [1.165, 1.54) is 17.4 Å². The number of aromatic nitrogens is 1. The molecule has 0 aliphatic rings. The lowest BCUT2D eigenvalue weighted by Gasteiger charge is -2.02. The topological polar surface area (TPSA) is 42.0 Å². The highest BCUT2D eigenvalue weighted by molar-refractivity contribution is 7.14. The average molecular weight is 444 g/mol. The lowest BCUT2D eigenvalue weighted by atomic mass is 10.2. The van der Waals surface area contributed by atoms with Crippen LogP contribution in [0.1, 0.15) is 5.56 Å². The van der Waals surface area contributed by atoms with Crippen molar-refractivity contribution in [1.29, 1.82) is 0 Å². The van der Waals surface area contributed by atoms with E-state index in [-0.39, 0.29) is 5.91 Å². The van der Waals surface area contributed by atoms with Crippen LogP contribution in [0.5, 0.6) is 0 Å². The molecule has 132 valence electrons. The van der Waals surface area contributed by atoms with Gasteiger partial charge >= 0.3 is 0 Å². The molecule has 0 bridgehead atoms. The molecule has 2 aromatic carbocycles. The number of benzene rings is 2. The van der Waals surface area contributed by atoms with E-state index >= 15 is 0 Å². The van der Waals surface area contributed by atoms with Crippen LogP contribution in [0.2, 0.25) is 20.1 Å². The Hall–Kier alpha value is -1.56. The van der Waals surface area contributed by atoms with Gasteiger partial charge < -0.3 is 0 Å². The van der Waals surface area contributed by atoms with Crippen LogP contribution in [-0.4, -0.2) is 10.9 Å². The van der Waals surface area contributed by atoms with E-state index < -0.39 is 0 Å². The second kappa shape index (κ2) is 8.42. The predicted molar refractivity (Wildman–Crippen MR) is 112 cm³/mol. The number of rotatable bonds is 4. The standard InChI is InChI=1S/C18H10Cl4N2OS/c19-10-4-5-12(15(22)8-10)16-9-26-18(23-16)24-17(25)7-6-11-13(20)2-1-3-14(11)21/h1-9H,(H,23,24,25)/b7-6+. The molecule has 0 spiro atoms. The van der Waals surface area contributed by atoms with Gasteiger partial charge in [0.2, 0.25) is 5.91 Å². The van der Waals surface area contributed by atoms with E-state index in [4.69, 9.17) is 46.4 Å². The minimum Gasteiger partial charge on any atom is -0.298 e. The maximum absolute atomic E-state index is 12.1. The number of hydrogen-bond donors (Lipinski definition) is 1. The van der Waals surface area contributed by atoms with Crippen molar-refractivity contribution in [2.45, 2.75) is 0 Å². The van der Waals surface area contributed by atoms with Gasteiger partial charge in [0.05, 0.1) is 10.7 Å². The molecule has 1 heterocycles. The van der Waals surface area contributed by atoms with Crippen molar-refractivity contribution in [2.75, 3.05) is 5.32 Å². The summed E-state index contributed by atoms with van der Waals surface area (Å²) in [7, 11) is 0. The second-order valence-corrected chi connectivity index (χ2v) is 7.64. The summed E-state index contributed by atoms with van der Waals surface area (Å²) < 4.78 is 0. The van der Waals surface area contributed by atoms with Gasteiger partial charge in [-0.3, -0.25) is 10.1 Å². The summed E-state index contributed by atoms with van der Waals surface area (Å²) in [6.07, 6.45) is 2.91. The quantitative estimate of drug-likeness (QED) is 0.437. The molecule has 1 amide bonds. The molecule has 0 radical (unpaired) electrons. The van der Waals surface area contributed by atoms with Crippen molar-refractivity contribution in [3.8, 4) is 11.3 Å². The molecular formula is C18H10Cl4N2OS. The molecule has 0 fully saturated rings. The fourth-order valence-corrected chi connectivity index (χ4v) is 3.87. The van der Waals surface area contributed by atoms with Gasteiger partial charge in [0.25, 0.3) is 0 Å². The highest BCUT2D eigenvalue weighted by Gasteiger charge is 2.10. The third kappa shape index (κ3) is 4.58. The van der Waals surface area contributed by atoms with Crippen molar-refractivity contribution in [3.63, 3.8) is 0 Å². The minimum atomic E-state index is -0.343. The molecule has 0 saturated heterocycles. The van der Waals surface area contributed by atoms with Crippen LogP contribution in [0.15, 0.2) is 47.9 Å². The molecule has 3 rings (SSSR count). The monoisotopic (exact) mass is 442 g/mol. The Morgan fingerprint density at radius 1 is 1.04 bits per heavy atom. The minimum absolute atomic E-state index is 0.343. The molecule has 0 unspecified atom stereocenters. The zero-order valence-corrected chi connectivity index (χ0v) is 16.8. The Morgan fingerprint density at radius 3 is 2.46 bits per heavy atom. The van der Waals surface area contributed by atoms with Gasteiger partial charge in [0, 0.05) is 37.7 Å². The third-order valence-corrected chi connectivity index (χ3v) is 5.31. The fourth-order valence-electron chi connectivity index (χ4n) is 2.13. The van der Waals surface area contributed by atoms with Crippen molar-refractivity contribution in [2.24, 2.45) is 0 Å². The number of amides is 1. The Labute approximate surface area is 174 Å². The van der Waals surface area contributed by atoms with Gasteiger partial charge in [-0.25, -0.2) is 4.98 Å². The van der Waals surface area contributed by atoms with Gasteiger partial charge in [-0.2, -0.15) is 0 Å². The zero-order valence-electron chi connectivity index (χ0n) is 13.0. The van der Waals surface area contributed by atoms with E-state index in [9.17, 15) is 4.79 Å². The number of carbonyl (C=O) groups excluding carboxylic acids is 1. The van der Waals surface area contributed by atoms with Crippen LogP contribution in [0.4, 0.5) is 5.13 Å². The fraction of sp³-hybridized carbons (Fsp3) is 0. The Morgan fingerprint density at radius 2 is 1.77 bits per heavy atom. The molecule has 8 heteroatoms. The smallest absolute Gasteiger partial charge is 0.250 e. The van der Waals surface area contributed by atoms with Crippen LogP contribution < -0.4 is 5.32 Å². The van der Waals surface area contributed by atoms with E-state index in [2.05, 4.69) is 10.3 Å². The van der Waals surface area contributed by atoms with Crippen LogP contribution in [0.25, 0.3) is 17.3 Å². The summed E-state index contributed by atoms with van der Waals surface area (Å²) in [5.74, 6) is -0.343. The van der Waals surface area contributed by atoms with Crippen molar-refractivity contribution in [1.82, 2.24) is 4.98 Å². The van der Waals surface area contributed by atoms with Crippen LogP contribution in [0.3, 0.4) is 0 Å². The summed E-state index contributed by atoms with van der Waals surface area (Å²) in [5.41, 5.74) is 1.98. The predicted octanol–water partition coefficient (Wildman–Crippen LogP) is 7.08. The maximum Gasteiger partial charge on any atom is 0.250 e. The molecule has 26 heavy (non-hydrogen) atoms.